The van der Waals surface area contributed by atoms with E-state index in [9.17, 15) is 24.8 Å². The van der Waals surface area contributed by atoms with Crippen LogP contribution in [0, 0.1) is 11.3 Å². The van der Waals surface area contributed by atoms with Crippen LogP contribution in [0.1, 0.15) is 39.5 Å². The van der Waals surface area contributed by atoms with Crippen LogP contribution >= 0.6 is 27.7 Å². The molecule has 192 valence electrons. The number of aromatic carboxylic acids is 1. The van der Waals surface area contributed by atoms with Crippen molar-refractivity contribution in [2.75, 3.05) is 6.61 Å². The van der Waals surface area contributed by atoms with Crippen LogP contribution in [0.4, 0.5) is 4.79 Å². The molecule has 2 amide bonds. The minimum absolute atomic E-state index is 0.00941. The second-order valence-corrected chi connectivity index (χ2v) is 9.94. The number of nitrogens with zero attached hydrogens (tertiary/aromatic N) is 2. The number of carbonyl (C=O) groups is 3. The van der Waals surface area contributed by atoms with Gasteiger partial charge in [-0.1, -0.05) is 30.3 Å². The highest BCUT2D eigenvalue weighted by atomic mass is 79.9. The van der Waals surface area contributed by atoms with Gasteiger partial charge in [0.25, 0.3) is 11.1 Å². The summed E-state index contributed by atoms with van der Waals surface area (Å²) in [5.41, 5.74) is 2.45. The van der Waals surface area contributed by atoms with Crippen molar-refractivity contribution < 1.29 is 29.0 Å². The second-order valence-electron chi connectivity index (χ2n) is 8.09. The van der Waals surface area contributed by atoms with E-state index in [1.54, 1.807) is 54.6 Å². The summed E-state index contributed by atoms with van der Waals surface area (Å²) in [6, 6.07) is 18.8. The molecule has 1 aliphatic rings. The summed E-state index contributed by atoms with van der Waals surface area (Å²) in [5, 5.41) is 18.1. The van der Waals surface area contributed by atoms with Gasteiger partial charge in [-0.05, 0) is 87.7 Å². The predicted octanol–water partition coefficient (Wildman–Crippen LogP) is 6.23. The van der Waals surface area contributed by atoms with E-state index in [1.807, 2.05) is 6.92 Å². The van der Waals surface area contributed by atoms with Gasteiger partial charge in [-0.15, -0.1) is 0 Å². The van der Waals surface area contributed by atoms with Crippen LogP contribution in [-0.2, 0) is 17.9 Å². The number of imide groups is 1. The predicted molar refractivity (Wildman–Crippen MR) is 146 cm³/mol. The van der Waals surface area contributed by atoms with E-state index in [2.05, 4.69) is 22.0 Å². The molecule has 0 aromatic heterocycles. The quantitative estimate of drug-likeness (QED) is 0.290. The van der Waals surface area contributed by atoms with Crippen molar-refractivity contribution >= 4 is 50.9 Å². The number of benzene rings is 3. The van der Waals surface area contributed by atoms with E-state index in [0.29, 0.717) is 44.8 Å². The number of carbonyl (C=O) groups excluding carboxylic acids is 2. The van der Waals surface area contributed by atoms with E-state index in [1.165, 1.54) is 12.1 Å². The number of hydrogen-bond donors (Lipinski definition) is 1. The molecule has 1 aliphatic heterocycles. The number of hydrogen-bond acceptors (Lipinski definition) is 7. The van der Waals surface area contributed by atoms with Crippen molar-refractivity contribution in [3.8, 4) is 17.6 Å². The lowest BCUT2D eigenvalue weighted by Crippen LogP contribution is -2.27. The molecule has 0 bridgehead atoms. The third-order valence-corrected chi connectivity index (χ3v) is 7.02. The molecule has 8 nitrogen and oxygen atoms in total. The first-order chi connectivity index (χ1) is 18.3. The largest absolute Gasteiger partial charge is 0.490 e. The van der Waals surface area contributed by atoms with E-state index in [4.69, 9.17) is 9.47 Å². The van der Waals surface area contributed by atoms with Gasteiger partial charge in [-0.3, -0.25) is 14.5 Å². The maximum absolute atomic E-state index is 13.0. The molecule has 38 heavy (non-hydrogen) atoms. The number of thioether (sulfide) groups is 1. The van der Waals surface area contributed by atoms with Gasteiger partial charge in [-0.25, -0.2) is 4.79 Å². The summed E-state index contributed by atoms with van der Waals surface area (Å²) >= 11 is 4.33. The van der Waals surface area contributed by atoms with Crippen LogP contribution in [0.5, 0.6) is 11.5 Å². The number of amides is 2. The molecular weight excluding hydrogens is 572 g/mol. The number of carboxylic acid groups (broad SMARTS) is 1. The fourth-order valence-corrected chi connectivity index (χ4v) is 5.16. The summed E-state index contributed by atoms with van der Waals surface area (Å²) in [6.07, 6.45) is 1.61. The Morgan fingerprint density at radius 1 is 1.13 bits per heavy atom. The molecule has 0 spiro atoms. The lowest BCUT2D eigenvalue weighted by atomic mass is 10.1. The summed E-state index contributed by atoms with van der Waals surface area (Å²) in [4.78, 5) is 38.3. The highest BCUT2D eigenvalue weighted by molar-refractivity contribution is 9.10. The zero-order valence-corrected chi connectivity index (χ0v) is 22.5. The first-order valence-electron chi connectivity index (χ1n) is 11.5. The van der Waals surface area contributed by atoms with Gasteiger partial charge in [0.15, 0.2) is 11.5 Å². The van der Waals surface area contributed by atoms with Crippen molar-refractivity contribution in [1.82, 2.24) is 4.90 Å². The Bertz CT molecular complexity index is 1500. The zero-order chi connectivity index (χ0) is 27.2. The van der Waals surface area contributed by atoms with Crippen molar-refractivity contribution in [1.29, 1.82) is 5.26 Å². The first kappa shape index (κ1) is 27.0. The van der Waals surface area contributed by atoms with Crippen molar-refractivity contribution in [3.05, 3.63) is 97.9 Å². The summed E-state index contributed by atoms with van der Waals surface area (Å²) in [7, 11) is 0. The van der Waals surface area contributed by atoms with Gasteiger partial charge in [0.2, 0.25) is 0 Å². The fraction of sp³-hybridized carbons (Fsp3) is 0.143. The Hall–Kier alpha value is -4.07. The van der Waals surface area contributed by atoms with Gasteiger partial charge in [-0.2, -0.15) is 5.26 Å². The molecular formula is C28H21BrN2O6S. The average molecular weight is 593 g/mol. The molecule has 1 N–H and O–H groups in total. The number of halogens is 1. The Morgan fingerprint density at radius 2 is 1.92 bits per heavy atom. The standard InChI is InChI=1S/C28H21BrN2O6S/c1-2-36-23-12-18(11-22(29)25(23)37-16-17-6-5-9-19(10-17)27(33)34)13-24-26(32)31(28(35)38-24)15-21-8-4-3-7-20(21)14-30/h3-13H,2,15-16H2,1H3,(H,33,34)/b24-13+. The fourth-order valence-electron chi connectivity index (χ4n) is 3.75. The van der Waals surface area contributed by atoms with Crippen molar-refractivity contribution in [3.63, 3.8) is 0 Å². The Morgan fingerprint density at radius 3 is 2.66 bits per heavy atom. The molecule has 1 heterocycles. The smallest absolute Gasteiger partial charge is 0.335 e. The summed E-state index contributed by atoms with van der Waals surface area (Å²) < 4.78 is 12.3. The zero-order valence-electron chi connectivity index (χ0n) is 20.1. The molecule has 4 rings (SSSR count). The summed E-state index contributed by atoms with van der Waals surface area (Å²) in [5.74, 6) is -0.623. The van der Waals surface area contributed by atoms with E-state index >= 15 is 0 Å². The number of rotatable bonds is 9. The third-order valence-electron chi connectivity index (χ3n) is 5.53. The van der Waals surface area contributed by atoms with Gasteiger partial charge in [0.1, 0.15) is 6.61 Å². The highest BCUT2D eigenvalue weighted by Crippen LogP contribution is 2.40. The normalized spacial score (nSPS) is 14.0. The number of nitriles is 1. The van der Waals surface area contributed by atoms with Gasteiger partial charge >= 0.3 is 5.97 Å². The van der Waals surface area contributed by atoms with Gasteiger partial charge in [0, 0.05) is 0 Å². The molecule has 3 aromatic carbocycles. The van der Waals surface area contributed by atoms with E-state index < -0.39 is 17.1 Å². The minimum Gasteiger partial charge on any atom is -0.490 e. The molecule has 0 saturated carbocycles. The van der Waals surface area contributed by atoms with E-state index in [0.717, 1.165) is 16.7 Å². The Labute approximate surface area is 231 Å². The molecule has 0 unspecified atom stereocenters. The number of ether oxygens (including phenoxy) is 2. The Balaban J connectivity index is 1.56. The highest BCUT2D eigenvalue weighted by Gasteiger charge is 2.35. The lowest BCUT2D eigenvalue weighted by Gasteiger charge is -2.15. The molecule has 10 heteroatoms. The maximum Gasteiger partial charge on any atom is 0.335 e. The van der Waals surface area contributed by atoms with Crippen molar-refractivity contribution in [2.24, 2.45) is 0 Å². The van der Waals surface area contributed by atoms with Crippen molar-refractivity contribution in [2.45, 2.75) is 20.1 Å². The van der Waals surface area contributed by atoms with Crippen LogP contribution in [0.2, 0.25) is 0 Å². The maximum atomic E-state index is 13.0. The second kappa shape index (κ2) is 12.0. The topological polar surface area (TPSA) is 117 Å². The van der Waals surface area contributed by atoms with Crippen LogP contribution in [0.25, 0.3) is 6.08 Å². The molecule has 0 atom stereocenters. The lowest BCUT2D eigenvalue weighted by molar-refractivity contribution is -0.123. The molecule has 3 aromatic rings. The molecule has 0 aliphatic carbocycles. The SMILES string of the molecule is CCOc1cc(/C=C2/SC(=O)N(Cc3ccccc3C#N)C2=O)cc(Br)c1OCc1cccc(C(=O)O)c1. The van der Waals surface area contributed by atoms with Crippen LogP contribution < -0.4 is 9.47 Å². The Kier molecular flexibility index (Phi) is 8.51. The van der Waals surface area contributed by atoms with Crippen LogP contribution in [0.3, 0.4) is 0 Å². The molecule has 1 saturated heterocycles. The average Bonchev–Trinajstić information content (AvgIpc) is 3.16. The third kappa shape index (κ3) is 6.07. The minimum atomic E-state index is -1.02. The molecule has 1 fully saturated rings. The monoisotopic (exact) mass is 592 g/mol. The summed E-state index contributed by atoms with van der Waals surface area (Å²) in [6.45, 7) is 2.30. The molecule has 0 radical (unpaired) electrons. The van der Waals surface area contributed by atoms with E-state index in [-0.39, 0.29) is 23.6 Å². The van der Waals surface area contributed by atoms with Gasteiger partial charge in [0.05, 0.1) is 39.7 Å². The number of carboxylic acids is 1. The van der Waals surface area contributed by atoms with Gasteiger partial charge < -0.3 is 14.6 Å². The van der Waals surface area contributed by atoms with Crippen LogP contribution in [-0.4, -0.2) is 33.7 Å². The first-order valence-corrected chi connectivity index (χ1v) is 13.1. The van der Waals surface area contributed by atoms with Crippen LogP contribution in [0.15, 0.2) is 70.0 Å².